The van der Waals surface area contributed by atoms with Crippen molar-refractivity contribution in [2.45, 2.75) is 45.8 Å². The highest BCUT2D eigenvalue weighted by atomic mass is 16.5. The highest BCUT2D eigenvalue weighted by Crippen LogP contribution is 2.27. The Kier molecular flexibility index (Phi) is 4.58. The summed E-state index contributed by atoms with van der Waals surface area (Å²) in [5.41, 5.74) is -1.24. The van der Waals surface area contributed by atoms with Crippen molar-refractivity contribution in [3.8, 4) is 5.75 Å². The Morgan fingerprint density at radius 1 is 1.16 bits per heavy atom. The molecule has 0 aromatic heterocycles. The Morgan fingerprint density at radius 2 is 1.68 bits per heavy atom. The summed E-state index contributed by atoms with van der Waals surface area (Å²) in [6, 6.07) is 6.68. The smallest absolute Gasteiger partial charge is 0.338 e. The van der Waals surface area contributed by atoms with Gasteiger partial charge in [-0.15, -0.1) is 0 Å². The fraction of sp³-hybridized carbons (Fsp3) is 0.533. The summed E-state index contributed by atoms with van der Waals surface area (Å²) < 4.78 is 10.7. The van der Waals surface area contributed by atoms with E-state index >= 15 is 0 Å². The van der Waals surface area contributed by atoms with Gasteiger partial charge in [-0.2, -0.15) is 0 Å². The lowest BCUT2D eigenvalue weighted by molar-refractivity contribution is -0.0906. The first-order chi connectivity index (χ1) is 8.67. The van der Waals surface area contributed by atoms with Gasteiger partial charge < -0.3 is 14.6 Å². The van der Waals surface area contributed by atoms with Gasteiger partial charge in [0.2, 0.25) is 0 Å². The van der Waals surface area contributed by atoms with E-state index in [9.17, 15) is 9.90 Å². The fourth-order valence-corrected chi connectivity index (χ4v) is 1.29. The fourth-order valence-electron chi connectivity index (χ4n) is 1.29. The van der Waals surface area contributed by atoms with Crippen molar-refractivity contribution in [1.29, 1.82) is 0 Å². The molecular formula is C15H22O4. The number of carbonyl (C=O) groups excluding carboxylic acids is 1. The Labute approximate surface area is 114 Å². The van der Waals surface area contributed by atoms with Crippen molar-refractivity contribution in [1.82, 2.24) is 0 Å². The van der Waals surface area contributed by atoms with Crippen LogP contribution in [-0.4, -0.2) is 28.9 Å². The first-order valence-electron chi connectivity index (χ1n) is 6.36. The molecule has 0 aliphatic heterocycles. The van der Waals surface area contributed by atoms with E-state index < -0.39 is 11.2 Å². The molecule has 1 rings (SSSR count). The van der Waals surface area contributed by atoms with E-state index in [4.69, 9.17) is 9.47 Å². The monoisotopic (exact) mass is 266 g/mol. The second-order valence-corrected chi connectivity index (χ2v) is 5.42. The lowest BCUT2D eigenvalue weighted by Gasteiger charge is -2.37. The largest absolute Gasteiger partial charge is 0.485 e. The van der Waals surface area contributed by atoms with Crippen LogP contribution in [0.3, 0.4) is 0 Å². The first-order valence-corrected chi connectivity index (χ1v) is 6.36. The maximum absolute atomic E-state index is 11.5. The van der Waals surface area contributed by atoms with E-state index in [2.05, 4.69) is 0 Å². The van der Waals surface area contributed by atoms with E-state index in [-0.39, 0.29) is 5.97 Å². The number of aliphatic hydroxyl groups is 1. The van der Waals surface area contributed by atoms with Crippen LogP contribution < -0.4 is 4.74 Å². The summed E-state index contributed by atoms with van der Waals surface area (Å²) in [4.78, 5) is 11.5. The Balaban J connectivity index is 2.81. The predicted molar refractivity (Wildman–Crippen MR) is 73.4 cm³/mol. The van der Waals surface area contributed by atoms with Crippen molar-refractivity contribution in [2.75, 3.05) is 6.61 Å². The molecule has 0 amide bonds. The van der Waals surface area contributed by atoms with E-state index in [1.807, 2.05) is 13.8 Å². The number of ether oxygens (including phenoxy) is 2. The van der Waals surface area contributed by atoms with Crippen LogP contribution in [0.5, 0.6) is 5.75 Å². The number of hydrogen-bond acceptors (Lipinski definition) is 4. The average molecular weight is 266 g/mol. The van der Waals surface area contributed by atoms with Gasteiger partial charge >= 0.3 is 5.97 Å². The number of hydrogen-bond donors (Lipinski definition) is 1. The highest BCUT2D eigenvalue weighted by molar-refractivity contribution is 5.89. The molecule has 1 aromatic carbocycles. The molecule has 1 aromatic rings. The van der Waals surface area contributed by atoms with Gasteiger partial charge in [-0.3, -0.25) is 0 Å². The molecule has 0 aliphatic rings. The Hall–Kier alpha value is -1.55. The second-order valence-electron chi connectivity index (χ2n) is 5.42. The van der Waals surface area contributed by atoms with Crippen molar-refractivity contribution in [3.63, 3.8) is 0 Å². The lowest BCUT2D eigenvalue weighted by Crippen LogP contribution is -2.49. The van der Waals surface area contributed by atoms with Crippen LogP contribution in [0.15, 0.2) is 24.3 Å². The third kappa shape index (κ3) is 3.96. The molecule has 106 valence electrons. The number of carbonyl (C=O) groups is 1. The number of rotatable bonds is 5. The molecule has 0 aliphatic carbocycles. The lowest BCUT2D eigenvalue weighted by atomic mass is 9.89. The SMILES string of the molecule is CCOC(=O)c1ccc(OC(C)(C)C(C)(C)O)cc1. The van der Waals surface area contributed by atoms with Crippen molar-refractivity contribution in [3.05, 3.63) is 29.8 Å². The standard InChI is InChI=1S/C15H22O4/c1-6-18-13(16)11-7-9-12(10-8-11)19-15(4,5)14(2,3)17/h7-10,17H,6H2,1-5H3. The minimum atomic E-state index is -0.979. The molecule has 0 fully saturated rings. The van der Waals surface area contributed by atoms with E-state index in [0.29, 0.717) is 17.9 Å². The molecule has 0 saturated heterocycles. The van der Waals surface area contributed by atoms with Gasteiger partial charge in [0.25, 0.3) is 0 Å². The van der Waals surface area contributed by atoms with Gasteiger partial charge in [-0.25, -0.2) is 4.79 Å². The Morgan fingerprint density at radius 3 is 2.11 bits per heavy atom. The summed E-state index contributed by atoms with van der Waals surface area (Å²) in [5, 5.41) is 10.0. The van der Waals surface area contributed by atoms with Crippen LogP contribution >= 0.6 is 0 Å². The molecular weight excluding hydrogens is 244 g/mol. The molecule has 19 heavy (non-hydrogen) atoms. The van der Waals surface area contributed by atoms with E-state index in [1.165, 1.54) is 0 Å². The van der Waals surface area contributed by atoms with Gasteiger partial charge in [0.1, 0.15) is 11.4 Å². The normalized spacial score (nSPS) is 12.1. The quantitative estimate of drug-likeness (QED) is 0.833. The summed E-state index contributed by atoms with van der Waals surface area (Å²) >= 11 is 0. The summed E-state index contributed by atoms with van der Waals surface area (Å²) in [6.07, 6.45) is 0. The maximum Gasteiger partial charge on any atom is 0.338 e. The second kappa shape index (κ2) is 5.61. The van der Waals surface area contributed by atoms with Gasteiger partial charge in [-0.1, -0.05) is 0 Å². The van der Waals surface area contributed by atoms with Crippen molar-refractivity contribution in [2.24, 2.45) is 0 Å². The third-order valence-corrected chi connectivity index (χ3v) is 3.21. The molecule has 0 saturated carbocycles. The zero-order valence-electron chi connectivity index (χ0n) is 12.2. The molecule has 0 unspecified atom stereocenters. The van der Waals surface area contributed by atoms with Crippen LogP contribution in [-0.2, 0) is 4.74 Å². The maximum atomic E-state index is 11.5. The van der Waals surface area contributed by atoms with Gasteiger partial charge in [0.05, 0.1) is 17.8 Å². The zero-order chi connectivity index (χ0) is 14.7. The Bertz CT molecular complexity index is 426. The molecule has 0 spiro atoms. The molecule has 4 heteroatoms. The van der Waals surface area contributed by atoms with Crippen LogP contribution in [0.1, 0.15) is 45.0 Å². The van der Waals surface area contributed by atoms with Gasteiger partial charge in [0, 0.05) is 0 Å². The van der Waals surface area contributed by atoms with E-state index in [0.717, 1.165) is 0 Å². The van der Waals surface area contributed by atoms with Crippen molar-refractivity contribution < 1.29 is 19.4 Å². The van der Waals surface area contributed by atoms with Crippen LogP contribution in [0, 0.1) is 0 Å². The van der Waals surface area contributed by atoms with Crippen LogP contribution in [0.25, 0.3) is 0 Å². The van der Waals surface area contributed by atoms with Gasteiger partial charge in [0.15, 0.2) is 0 Å². The summed E-state index contributed by atoms with van der Waals surface area (Å²) in [5.74, 6) is 0.246. The minimum absolute atomic E-state index is 0.350. The topological polar surface area (TPSA) is 55.8 Å². The zero-order valence-corrected chi connectivity index (χ0v) is 12.2. The molecule has 0 bridgehead atoms. The summed E-state index contributed by atoms with van der Waals surface area (Å²) in [7, 11) is 0. The number of esters is 1. The molecule has 4 nitrogen and oxygen atoms in total. The van der Waals surface area contributed by atoms with Crippen molar-refractivity contribution >= 4 is 5.97 Å². The summed E-state index contributed by atoms with van der Waals surface area (Å²) in [6.45, 7) is 9.13. The van der Waals surface area contributed by atoms with E-state index in [1.54, 1.807) is 45.0 Å². The third-order valence-electron chi connectivity index (χ3n) is 3.21. The van der Waals surface area contributed by atoms with Gasteiger partial charge in [-0.05, 0) is 58.9 Å². The minimum Gasteiger partial charge on any atom is -0.485 e. The highest BCUT2D eigenvalue weighted by Gasteiger charge is 2.37. The van der Waals surface area contributed by atoms with Crippen LogP contribution in [0.2, 0.25) is 0 Å². The molecule has 0 radical (unpaired) electrons. The molecule has 0 atom stereocenters. The molecule has 1 N–H and O–H groups in total. The van der Waals surface area contributed by atoms with Crippen LogP contribution in [0.4, 0.5) is 0 Å². The molecule has 0 heterocycles. The number of benzene rings is 1. The predicted octanol–water partition coefficient (Wildman–Crippen LogP) is 2.79. The first kappa shape index (κ1) is 15.5. The average Bonchev–Trinajstić information content (AvgIpc) is 2.28.